The van der Waals surface area contributed by atoms with Crippen molar-refractivity contribution in [2.75, 3.05) is 13.1 Å². The van der Waals surface area contributed by atoms with E-state index in [1.54, 1.807) is 6.07 Å². The van der Waals surface area contributed by atoms with Crippen LogP contribution in [-0.2, 0) is 0 Å². The van der Waals surface area contributed by atoms with Crippen LogP contribution < -0.4 is 5.73 Å². The van der Waals surface area contributed by atoms with Crippen LogP contribution in [-0.4, -0.2) is 30.2 Å². The van der Waals surface area contributed by atoms with Gasteiger partial charge in [-0.15, -0.1) is 0 Å². The fourth-order valence-electron chi connectivity index (χ4n) is 2.72. The van der Waals surface area contributed by atoms with E-state index in [4.69, 9.17) is 17.3 Å². The van der Waals surface area contributed by atoms with Crippen LogP contribution in [0.4, 0.5) is 13.2 Å². The summed E-state index contributed by atoms with van der Waals surface area (Å²) in [6.07, 6.45) is -3.01. The van der Waals surface area contributed by atoms with E-state index in [1.807, 2.05) is 30.0 Å². The first-order valence-corrected chi connectivity index (χ1v) is 7.19. The number of hydrogen-bond donors (Lipinski definition) is 1. The summed E-state index contributed by atoms with van der Waals surface area (Å²) < 4.78 is 38.0. The van der Waals surface area contributed by atoms with Crippen molar-refractivity contribution in [3.05, 3.63) is 46.5 Å². The molecule has 1 aliphatic rings. The van der Waals surface area contributed by atoms with E-state index in [9.17, 15) is 13.2 Å². The first-order chi connectivity index (χ1) is 9.80. The maximum Gasteiger partial charge on any atom is 0.412 e. The average molecular weight is 319 g/mol. The van der Waals surface area contributed by atoms with Crippen molar-refractivity contribution in [1.82, 2.24) is 4.90 Å². The molecule has 0 bridgehead atoms. The molecule has 1 aromatic rings. The normalized spacial score (nSPS) is 20.0. The highest BCUT2D eigenvalue weighted by atomic mass is 35.5. The molecule has 6 heteroatoms. The number of alkyl halides is 3. The number of hydrogen-bond acceptors (Lipinski definition) is 2. The molecule has 0 spiro atoms. The van der Waals surface area contributed by atoms with E-state index in [2.05, 4.69) is 0 Å². The molecule has 1 heterocycles. The Morgan fingerprint density at radius 2 is 1.95 bits per heavy atom. The molecule has 1 aromatic carbocycles. The van der Waals surface area contributed by atoms with Crippen LogP contribution in [0.25, 0.3) is 0 Å². The lowest BCUT2D eigenvalue weighted by Gasteiger charge is -2.37. The second kappa shape index (κ2) is 6.38. The Balaban J connectivity index is 2.23. The van der Waals surface area contributed by atoms with Crippen LogP contribution in [0.2, 0.25) is 5.02 Å². The summed E-state index contributed by atoms with van der Waals surface area (Å²) in [5, 5.41) is 0.588. The van der Waals surface area contributed by atoms with Gasteiger partial charge in [0.25, 0.3) is 0 Å². The molecule has 2 nitrogen and oxygen atoms in total. The Labute approximate surface area is 127 Å². The minimum Gasteiger partial charge on any atom is -0.326 e. The molecule has 2 atom stereocenters. The second-order valence-electron chi connectivity index (χ2n) is 5.30. The van der Waals surface area contributed by atoms with Gasteiger partial charge >= 0.3 is 6.18 Å². The van der Waals surface area contributed by atoms with Crippen LogP contribution in [0, 0.1) is 0 Å². The molecule has 0 saturated heterocycles. The number of nitrogens with two attached hydrogens (primary N) is 1. The van der Waals surface area contributed by atoms with Crippen molar-refractivity contribution in [3.63, 3.8) is 0 Å². The average Bonchev–Trinajstić information content (AvgIpc) is 2.40. The molecule has 116 valence electrons. The van der Waals surface area contributed by atoms with E-state index in [0.717, 1.165) is 5.56 Å². The number of benzene rings is 1. The third-order valence-electron chi connectivity index (χ3n) is 3.72. The minimum absolute atomic E-state index is 0.0167. The van der Waals surface area contributed by atoms with Gasteiger partial charge < -0.3 is 5.73 Å². The van der Waals surface area contributed by atoms with E-state index in [-0.39, 0.29) is 25.0 Å². The Hall–Kier alpha value is -1.04. The van der Waals surface area contributed by atoms with Crippen LogP contribution in [0.5, 0.6) is 0 Å². The van der Waals surface area contributed by atoms with Crippen molar-refractivity contribution in [2.45, 2.75) is 31.6 Å². The summed E-state index contributed by atoms with van der Waals surface area (Å²) in [7, 11) is 0. The third-order valence-corrected chi connectivity index (χ3v) is 4.06. The summed E-state index contributed by atoms with van der Waals surface area (Å²) in [4.78, 5) is 1.95. The van der Waals surface area contributed by atoms with Gasteiger partial charge in [-0.3, -0.25) is 4.90 Å². The molecule has 0 radical (unpaired) electrons. The Morgan fingerprint density at radius 3 is 2.43 bits per heavy atom. The Morgan fingerprint density at radius 1 is 1.29 bits per heavy atom. The fourth-order valence-corrected chi connectivity index (χ4v) is 2.97. The van der Waals surface area contributed by atoms with Crippen LogP contribution in [0.15, 0.2) is 35.9 Å². The van der Waals surface area contributed by atoms with Gasteiger partial charge in [0.15, 0.2) is 0 Å². The lowest BCUT2D eigenvalue weighted by Crippen LogP contribution is -2.42. The highest BCUT2D eigenvalue weighted by molar-refractivity contribution is 6.31. The van der Waals surface area contributed by atoms with Crippen LogP contribution in [0.3, 0.4) is 0 Å². The third kappa shape index (κ3) is 3.78. The van der Waals surface area contributed by atoms with E-state index < -0.39 is 11.7 Å². The molecule has 0 aromatic heterocycles. The van der Waals surface area contributed by atoms with Crippen molar-refractivity contribution in [3.8, 4) is 0 Å². The summed E-state index contributed by atoms with van der Waals surface area (Å²) in [5.74, 6) is 0. The maximum atomic E-state index is 12.7. The number of halogens is 4. The van der Waals surface area contributed by atoms with E-state index in [1.165, 1.54) is 6.08 Å². The Bertz CT molecular complexity index is 526. The summed E-state index contributed by atoms with van der Waals surface area (Å²) in [6, 6.07) is 6.90. The molecule has 0 amide bonds. The zero-order valence-corrected chi connectivity index (χ0v) is 12.5. The highest BCUT2D eigenvalue weighted by Gasteiger charge is 2.36. The molecule has 0 saturated carbocycles. The van der Waals surface area contributed by atoms with E-state index in [0.29, 0.717) is 11.6 Å². The smallest absolute Gasteiger partial charge is 0.326 e. The molecular weight excluding hydrogens is 301 g/mol. The zero-order chi connectivity index (χ0) is 15.6. The van der Waals surface area contributed by atoms with Gasteiger partial charge in [-0.1, -0.05) is 35.9 Å². The molecule has 1 aliphatic heterocycles. The predicted molar refractivity (Wildman–Crippen MR) is 78.2 cm³/mol. The topological polar surface area (TPSA) is 29.3 Å². The zero-order valence-electron chi connectivity index (χ0n) is 11.7. The van der Waals surface area contributed by atoms with Crippen LogP contribution >= 0.6 is 11.6 Å². The van der Waals surface area contributed by atoms with Crippen molar-refractivity contribution in [1.29, 1.82) is 0 Å². The monoisotopic (exact) mass is 318 g/mol. The van der Waals surface area contributed by atoms with Gasteiger partial charge in [0.1, 0.15) is 0 Å². The van der Waals surface area contributed by atoms with Crippen molar-refractivity contribution in [2.24, 2.45) is 5.73 Å². The largest absolute Gasteiger partial charge is 0.412 e. The molecule has 2 rings (SSSR count). The summed E-state index contributed by atoms with van der Waals surface area (Å²) in [6.45, 7) is 2.39. The molecule has 0 aliphatic carbocycles. The van der Waals surface area contributed by atoms with Gasteiger partial charge in [0.2, 0.25) is 0 Å². The van der Waals surface area contributed by atoms with Gasteiger partial charge in [-0.2, -0.15) is 13.2 Å². The first-order valence-electron chi connectivity index (χ1n) is 6.81. The van der Waals surface area contributed by atoms with E-state index >= 15 is 0 Å². The molecular formula is C15H18ClF3N2. The number of rotatable bonds is 3. The summed E-state index contributed by atoms with van der Waals surface area (Å²) in [5.41, 5.74) is 6.45. The molecule has 21 heavy (non-hydrogen) atoms. The molecule has 0 fully saturated rings. The molecule has 2 N–H and O–H groups in total. The maximum absolute atomic E-state index is 12.7. The Kier molecular flexibility index (Phi) is 4.96. The highest BCUT2D eigenvalue weighted by Crippen LogP contribution is 2.35. The summed E-state index contributed by atoms with van der Waals surface area (Å²) >= 11 is 6.21. The number of nitrogens with zero attached hydrogens (tertiary/aromatic N) is 1. The second-order valence-corrected chi connectivity index (χ2v) is 5.70. The minimum atomic E-state index is -4.24. The van der Waals surface area contributed by atoms with Gasteiger partial charge in [0.05, 0.1) is 6.04 Å². The lowest BCUT2D eigenvalue weighted by atomic mass is 9.96. The van der Waals surface area contributed by atoms with Crippen molar-refractivity contribution < 1.29 is 13.2 Å². The fraction of sp³-hybridized carbons (Fsp3) is 0.467. The van der Waals surface area contributed by atoms with Gasteiger partial charge in [0, 0.05) is 29.7 Å². The first kappa shape index (κ1) is 16.3. The van der Waals surface area contributed by atoms with Gasteiger partial charge in [-0.05, 0) is 25.0 Å². The van der Waals surface area contributed by atoms with Crippen LogP contribution in [0.1, 0.15) is 24.9 Å². The van der Waals surface area contributed by atoms with Crippen molar-refractivity contribution >= 4 is 11.6 Å². The quantitative estimate of drug-likeness (QED) is 0.856. The lowest BCUT2D eigenvalue weighted by molar-refractivity contribution is -0.0965. The van der Waals surface area contributed by atoms with Gasteiger partial charge in [-0.25, -0.2) is 0 Å². The molecule has 2 unspecified atom stereocenters. The predicted octanol–water partition coefficient (Wildman–Crippen LogP) is 3.92. The standard InChI is InChI=1S/C15H18ClF3N2/c1-10(20)14(12-4-2-3-5-13(12)16)21-8-6-11(7-9-21)15(17,18)19/h2-6,10,14H,7-9,20H2,1H3. The SMILES string of the molecule is CC(N)C(c1ccccc1Cl)N1CC=C(C(F)(F)F)CC1.